The first-order valence-corrected chi connectivity index (χ1v) is 3.03. The van der Waals surface area contributed by atoms with Crippen LogP contribution in [0.2, 0.25) is 0 Å². The Kier molecular flexibility index (Phi) is 6.68. The number of carbonyl (C=O) groups excluding carboxylic acids is 1. The van der Waals surface area contributed by atoms with Crippen molar-refractivity contribution in [3.63, 3.8) is 0 Å². The quantitative estimate of drug-likeness (QED) is 0.342. The minimum atomic E-state index is 0.574. The molecule has 0 aliphatic heterocycles. The van der Waals surface area contributed by atoms with Crippen LogP contribution in [0.1, 0.15) is 0 Å². The largest absolute Gasteiger partial charge is 0.355 e. The highest BCUT2D eigenvalue weighted by molar-refractivity contribution is 5.46. The van der Waals surface area contributed by atoms with E-state index in [1.54, 1.807) is 6.08 Å². The molecule has 0 aromatic carbocycles. The van der Waals surface area contributed by atoms with Gasteiger partial charge in [-0.25, -0.2) is 0 Å². The highest BCUT2D eigenvalue weighted by Crippen LogP contribution is 1.75. The van der Waals surface area contributed by atoms with Gasteiger partial charge in [0, 0.05) is 6.54 Å². The van der Waals surface area contributed by atoms with Crippen LogP contribution in [-0.2, 0) is 4.79 Å². The first kappa shape index (κ1) is 8.69. The predicted molar refractivity (Wildman–Crippen MR) is 42.5 cm³/mol. The van der Waals surface area contributed by atoms with Gasteiger partial charge < -0.3 is 5.32 Å². The van der Waals surface area contributed by atoms with E-state index in [4.69, 9.17) is 0 Å². The van der Waals surface area contributed by atoms with Gasteiger partial charge in [0.05, 0.1) is 0 Å². The van der Waals surface area contributed by atoms with Gasteiger partial charge in [-0.05, 0) is 0 Å². The van der Waals surface area contributed by atoms with E-state index in [-0.39, 0.29) is 0 Å². The lowest BCUT2D eigenvalue weighted by Gasteiger charge is -1.84. The summed E-state index contributed by atoms with van der Waals surface area (Å²) in [4.78, 5) is 9.71. The lowest BCUT2D eigenvalue weighted by Crippen LogP contribution is -2.08. The number of allylic oxidation sites excluding steroid dienone is 4. The number of nitrogens with one attached hydrogen (secondary N) is 1. The van der Waals surface area contributed by atoms with Gasteiger partial charge in [0.15, 0.2) is 0 Å². The fraction of sp³-hybridized carbons (Fsp3) is 0.125. The van der Waals surface area contributed by atoms with Crippen LogP contribution in [0, 0.1) is 0 Å². The maximum Gasteiger partial charge on any atom is 0.207 e. The van der Waals surface area contributed by atoms with E-state index in [1.807, 2.05) is 24.3 Å². The molecule has 0 heterocycles. The Morgan fingerprint density at radius 3 is 2.70 bits per heavy atom. The van der Waals surface area contributed by atoms with Crippen molar-refractivity contribution in [1.82, 2.24) is 5.32 Å². The Labute approximate surface area is 60.9 Å². The van der Waals surface area contributed by atoms with Crippen LogP contribution in [0.3, 0.4) is 0 Å². The van der Waals surface area contributed by atoms with Crippen molar-refractivity contribution in [2.24, 2.45) is 0 Å². The van der Waals surface area contributed by atoms with Gasteiger partial charge in [0.1, 0.15) is 0 Å². The van der Waals surface area contributed by atoms with Crippen LogP contribution in [0.5, 0.6) is 0 Å². The molecule has 0 atom stereocenters. The third-order valence-electron chi connectivity index (χ3n) is 0.813. The molecule has 0 aromatic rings. The molecule has 0 aliphatic carbocycles. The number of hydrogen-bond donors (Lipinski definition) is 1. The van der Waals surface area contributed by atoms with E-state index in [2.05, 4.69) is 11.9 Å². The van der Waals surface area contributed by atoms with Crippen molar-refractivity contribution in [2.45, 2.75) is 0 Å². The molecule has 0 saturated heterocycles. The van der Waals surface area contributed by atoms with Gasteiger partial charge in [-0.2, -0.15) is 0 Å². The van der Waals surface area contributed by atoms with E-state index < -0.39 is 0 Å². The van der Waals surface area contributed by atoms with Gasteiger partial charge in [-0.1, -0.05) is 37.0 Å². The van der Waals surface area contributed by atoms with Crippen molar-refractivity contribution in [2.75, 3.05) is 6.54 Å². The van der Waals surface area contributed by atoms with Crippen LogP contribution < -0.4 is 5.32 Å². The molecule has 0 rings (SSSR count). The second-order valence-corrected chi connectivity index (χ2v) is 1.57. The summed E-state index contributed by atoms with van der Waals surface area (Å²) in [5, 5.41) is 2.50. The van der Waals surface area contributed by atoms with Crippen molar-refractivity contribution in [3.05, 3.63) is 37.0 Å². The Bertz CT molecular complexity index is 147. The molecular formula is C8H11NO. The Balaban J connectivity index is 3.27. The minimum absolute atomic E-state index is 0.574. The van der Waals surface area contributed by atoms with Gasteiger partial charge in [0.2, 0.25) is 6.41 Å². The summed E-state index contributed by atoms with van der Waals surface area (Å²) in [7, 11) is 0. The molecule has 0 unspecified atom stereocenters. The van der Waals surface area contributed by atoms with Crippen molar-refractivity contribution >= 4 is 6.41 Å². The lowest BCUT2D eigenvalue weighted by atomic mass is 10.4. The molecule has 2 heteroatoms. The zero-order valence-corrected chi connectivity index (χ0v) is 5.79. The summed E-state index contributed by atoms with van der Waals surface area (Å²) in [6.07, 6.45) is 9.71. The third kappa shape index (κ3) is 6.69. The monoisotopic (exact) mass is 137 g/mol. The van der Waals surface area contributed by atoms with E-state index in [0.717, 1.165) is 0 Å². The first-order valence-electron chi connectivity index (χ1n) is 3.03. The Hall–Kier alpha value is -1.31. The van der Waals surface area contributed by atoms with E-state index in [9.17, 15) is 4.79 Å². The highest BCUT2D eigenvalue weighted by atomic mass is 16.1. The summed E-state index contributed by atoms with van der Waals surface area (Å²) in [5.74, 6) is 0. The van der Waals surface area contributed by atoms with Crippen LogP contribution in [0.15, 0.2) is 37.0 Å². The predicted octanol–water partition coefficient (Wildman–Crippen LogP) is 1.03. The molecule has 0 fully saturated rings. The molecule has 0 bridgehead atoms. The van der Waals surface area contributed by atoms with Crippen LogP contribution in [-0.4, -0.2) is 13.0 Å². The summed E-state index contributed by atoms with van der Waals surface area (Å²) >= 11 is 0. The molecule has 2 nitrogen and oxygen atoms in total. The average molecular weight is 137 g/mol. The SMILES string of the molecule is C=C/C=C\C=C/CNC=O. The van der Waals surface area contributed by atoms with E-state index in [1.165, 1.54) is 0 Å². The summed E-state index contributed by atoms with van der Waals surface area (Å²) < 4.78 is 0. The van der Waals surface area contributed by atoms with Crippen molar-refractivity contribution in [3.8, 4) is 0 Å². The van der Waals surface area contributed by atoms with Crippen molar-refractivity contribution in [1.29, 1.82) is 0 Å². The van der Waals surface area contributed by atoms with Gasteiger partial charge in [0.25, 0.3) is 0 Å². The lowest BCUT2D eigenvalue weighted by molar-refractivity contribution is -0.109. The molecule has 0 spiro atoms. The van der Waals surface area contributed by atoms with Gasteiger partial charge in [-0.15, -0.1) is 0 Å². The fourth-order valence-corrected chi connectivity index (χ4v) is 0.405. The standard InChI is InChI=1S/C8H11NO/c1-2-3-4-5-6-7-9-8-10/h2-6,8H,1,7H2,(H,9,10)/b4-3-,6-5-. The molecule has 0 radical (unpaired) electrons. The Morgan fingerprint density at radius 1 is 1.30 bits per heavy atom. The molecule has 1 N–H and O–H groups in total. The van der Waals surface area contributed by atoms with Crippen LogP contribution in [0.4, 0.5) is 0 Å². The number of amides is 1. The van der Waals surface area contributed by atoms with Gasteiger partial charge in [-0.3, -0.25) is 4.79 Å². The molecule has 54 valence electrons. The number of rotatable bonds is 5. The van der Waals surface area contributed by atoms with Gasteiger partial charge >= 0.3 is 0 Å². The maximum atomic E-state index is 9.71. The average Bonchev–Trinajstić information content (AvgIpc) is 1.97. The molecule has 0 aromatic heterocycles. The van der Waals surface area contributed by atoms with Crippen molar-refractivity contribution < 1.29 is 4.79 Å². The zero-order chi connectivity index (χ0) is 7.66. The zero-order valence-electron chi connectivity index (χ0n) is 5.79. The van der Waals surface area contributed by atoms with E-state index >= 15 is 0 Å². The first-order chi connectivity index (χ1) is 4.91. The van der Waals surface area contributed by atoms with Crippen LogP contribution >= 0.6 is 0 Å². The number of hydrogen-bond acceptors (Lipinski definition) is 1. The highest BCUT2D eigenvalue weighted by Gasteiger charge is 1.68. The summed E-state index contributed by atoms with van der Waals surface area (Å²) in [6.45, 7) is 4.08. The second-order valence-electron chi connectivity index (χ2n) is 1.57. The fourth-order valence-electron chi connectivity index (χ4n) is 0.405. The summed E-state index contributed by atoms with van der Waals surface area (Å²) in [6, 6.07) is 0. The normalized spacial score (nSPS) is 10.4. The topological polar surface area (TPSA) is 29.1 Å². The second kappa shape index (κ2) is 7.69. The number of carbonyl (C=O) groups is 1. The molecular weight excluding hydrogens is 126 g/mol. The Morgan fingerprint density at radius 2 is 2.10 bits per heavy atom. The molecule has 10 heavy (non-hydrogen) atoms. The van der Waals surface area contributed by atoms with E-state index in [0.29, 0.717) is 13.0 Å². The molecule has 0 saturated carbocycles. The summed E-state index contributed by atoms with van der Waals surface area (Å²) in [5.41, 5.74) is 0. The molecule has 0 aliphatic rings. The smallest absolute Gasteiger partial charge is 0.207 e. The molecule has 1 amide bonds. The maximum absolute atomic E-state index is 9.71. The third-order valence-corrected chi connectivity index (χ3v) is 0.813. The van der Waals surface area contributed by atoms with Crippen LogP contribution in [0.25, 0.3) is 0 Å². The minimum Gasteiger partial charge on any atom is -0.355 e.